The molecular weight excluding hydrogens is 107 g/mol. The Labute approximate surface area is 46.3 Å². The van der Waals surface area contributed by atoms with E-state index in [4.69, 9.17) is 0 Å². The first-order valence-corrected chi connectivity index (χ1v) is 3.31. The molecule has 0 aliphatic rings. The van der Waals surface area contributed by atoms with Gasteiger partial charge >= 0.3 is 0 Å². The Bertz CT molecular complexity index is 54.0. The minimum atomic E-state index is 0.254. The van der Waals surface area contributed by atoms with Crippen LogP contribution in [-0.4, -0.2) is 5.66 Å². The molecule has 7 heavy (non-hydrogen) atoms. The van der Waals surface area contributed by atoms with Crippen molar-refractivity contribution in [3.05, 3.63) is 6.92 Å². The van der Waals surface area contributed by atoms with Crippen LogP contribution in [0.1, 0.15) is 19.8 Å². The average Bonchev–Trinajstić information content (AvgIpc) is 1.68. The molecule has 0 bridgehead atoms. The van der Waals surface area contributed by atoms with Crippen molar-refractivity contribution in [2.75, 3.05) is 0 Å². The van der Waals surface area contributed by atoms with Gasteiger partial charge in [0.15, 0.2) is 8.46 Å². The predicted molar refractivity (Wildman–Crippen MR) is 31.7 cm³/mol. The summed E-state index contributed by atoms with van der Waals surface area (Å²) in [6, 6.07) is 0. The maximum Gasteiger partial charge on any atom is 0.158 e. The summed E-state index contributed by atoms with van der Waals surface area (Å²) in [7, 11) is 0.254. The zero-order valence-electron chi connectivity index (χ0n) is 4.55. The molecule has 0 rings (SSSR count). The number of rotatable bonds is 3. The summed E-state index contributed by atoms with van der Waals surface area (Å²) in [6.45, 7) is 5.57. The molecule has 0 saturated carbocycles. The van der Waals surface area contributed by atoms with Crippen molar-refractivity contribution in [1.29, 1.82) is 0 Å². The minimum Gasteiger partial charge on any atom is -0.275 e. The van der Waals surface area contributed by atoms with Crippen molar-refractivity contribution in [3.8, 4) is 0 Å². The average molecular weight is 117 g/mol. The van der Waals surface area contributed by atoms with Gasteiger partial charge in [0.2, 0.25) is 0 Å². The van der Waals surface area contributed by atoms with Crippen LogP contribution < -0.4 is 0 Å². The quantitative estimate of drug-likeness (QED) is 0.518. The number of hydrogen-bond acceptors (Lipinski definition) is 1. The Morgan fingerprint density at radius 3 is 2.57 bits per heavy atom. The van der Waals surface area contributed by atoms with Crippen LogP contribution in [0.25, 0.3) is 0 Å². The number of hydrogen-bond donors (Lipinski definition) is 0. The lowest BCUT2D eigenvalue weighted by Crippen LogP contribution is -1.86. The summed E-state index contributed by atoms with van der Waals surface area (Å²) in [5.74, 6) is 0. The summed E-state index contributed by atoms with van der Waals surface area (Å²) >= 11 is 0. The van der Waals surface area contributed by atoms with E-state index in [9.17, 15) is 4.57 Å². The third-order valence-electron chi connectivity index (χ3n) is 0.802. The molecule has 1 unspecified atom stereocenters. The maximum atomic E-state index is 9.96. The fourth-order valence-corrected chi connectivity index (χ4v) is 0.636. The monoisotopic (exact) mass is 117 g/mol. The highest BCUT2D eigenvalue weighted by atomic mass is 31.1. The second-order valence-electron chi connectivity index (χ2n) is 1.60. The highest BCUT2D eigenvalue weighted by Crippen LogP contribution is 2.10. The van der Waals surface area contributed by atoms with Gasteiger partial charge in [0.25, 0.3) is 0 Å². The van der Waals surface area contributed by atoms with Crippen LogP contribution in [-0.2, 0) is 4.57 Å². The standard InChI is InChI=1S/C5H10OP/c1-3-4-5(2)7-6/h5H,1,3-4H2,2H3. The second-order valence-corrected chi connectivity index (χ2v) is 2.69. The molecule has 0 aromatic rings. The largest absolute Gasteiger partial charge is 0.275 e. The van der Waals surface area contributed by atoms with Gasteiger partial charge in [-0.05, 0) is 6.42 Å². The summed E-state index contributed by atoms with van der Waals surface area (Å²) in [6.07, 6.45) is 1.85. The molecule has 0 aliphatic carbocycles. The first-order chi connectivity index (χ1) is 3.31. The zero-order valence-corrected chi connectivity index (χ0v) is 5.45. The molecule has 0 fully saturated rings. The molecule has 0 saturated heterocycles. The summed E-state index contributed by atoms with van der Waals surface area (Å²) in [4.78, 5) is 0. The molecule has 2 heteroatoms. The Morgan fingerprint density at radius 1 is 1.86 bits per heavy atom. The Balaban J connectivity index is 2.98. The molecule has 1 radical (unpaired) electrons. The fourth-order valence-electron chi connectivity index (χ4n) is 0.348. The first-order valence-electron chi connectivity index (χ1n) is 2.43. The summed E-state index contributed by atoms with van der Waals surface area (Å²) < 4.78 is 9.96. The third-order valence-corrected chi connectivity index (χ3v) is 1.42. The Morgan fingerprint density at radius 2 is 2.43 bits per heavy atom. The topological polar surface area (TPSA) is 17.1 Å². The van der Waals surface area contributed by atoms with E-state index >= 15 is 0 Å². The lowest BCUT2D eigenvalue weighted by molar-refractivity contribution is 0.589. The van der Waals surface area contributed by atoms with Crippen molar-refractivity contribution < 1.29 is 4.57 Å². The Hall–Kier alpha value is 0.100. The van der Waals surface area contributed by atoms with Crippen LogP contribution in [0.4, 0.5) is 0 Å². The van der Waals surface area contributed by atoms with Gasteiger partial charge in [-0.25, -0.2) is 0 Å². The van der Waals surface area contributed by atoms with Crippen LogP contribution in [0.15, 0.2) is 0 Å². The molecule has 0 spiro atoms. The van der Waals surface area contributed by atoms with Crippen molar-refractivity contribution in [1.82, 2.24) is 0 Å². The van der Waals surface area contributed by atoms with Gasteiger partial charge in [-0.2, -0.15) is 0 Å². The first kappa shape index (κ1) is 7.10. The van der Waals surface area contributed by atoms with Crippen molar-refractivity contribution in [2.45, 2.75) is 25.4 Å². The molecule has 0 aromatic heterocycles. The molecule has 0 aromatic carbocycles. The van der Waals surface area contributed by atoms with Gasteiger partial charge in [-0.3, -0.25) is 4.57 Å². The lowest BCUT2D eigenvalue weighted by atomic mass is 10.3. The SMILES string of the molecule is [CH2]CCC(C)P=O. The van der Waals surface area contributed by atoms with Gasteiger partial charge in [0, 0.05) is 5.66 Å². The van der Waals surface area contributed by atoms with E-state index in [2.05, 4.69) is 6.92 Å². The zero-order chi connectivity index (χ0) is 5.70. The van der Waals surface area contributed by atoms with Crippen molar-refractivity contribution in [2.24, 2.45) is 0 Å². The minimum absolute atomic E-state index is 0.254. The van der Waals surface area contributed by atoms with E-state index in [1.54, 1.807) is 0 Å². The fraction of sp³-hybridized carbons (Fsp3) is 0.800. The van der Waals surface area contributed by atoms with E-state index in [0.29, 0.717) is 5.66 Å². The van der Waals surface area contributed by atoms with Crippen molar-refractivity contribution >= 4 is 8.46 Å². The molecular formula is C5H10OP. The van der Waals surface area contributed by atoms with Crippen LogP contribution in [0.2, 0.25) is 0 Å². The van der Waals surface area contributed by atoms with E-state index < -0.39 is 0 Å². The molecule has 1 atom stereocenters. The third kappa shape index (κ3) is 3.94. The van der Waals surface area contributed by atoms with Gasteiger partial charge < -0.3 is 0 Å². The Kier molecular flexibility index (Phi) is 4.32. The van der Waals surface area contributed by atoms with Gasteiger partial charge in [-0.1, -0.05) is 20.3 Å². The van der Waals surface area contributed by atoms with Gasteiger partial charge in [0.05, 0.1) is 0 Å². The van der Waals surface area contributed by atoms with Crippen LogP contribution in [0, 0.1) is 6.92 Å². The van der Waals surface area contributed by atoms with Crippen LogP contribution >= 0.6 is 8.46 Å². The lowest BCUT2D eigenvalue weighted by Gasteiger charge is -1.93. The van der Waals surface area contributed by atoms with E-state index in [1.807, 2.05) is 6.92 Å². The van der Waals surface area contributed by atoms with E-state index in [-0.39, 0.29) is 8.46 Å². The van der Waals surface area contributed by atoms with Gasteiger partial charge in [0.1, 0.15) is 0 Å². The van der Waals surface area contributed by atoms with Crippen LogP contribution in [0.3, 0.4) is 0 Å². The normalized spacial score (nSPS) is 14.6. The summed E-state index contributed by atoms with van der Waals surface area (Å²) in [5, 5.41) is 0. The van der Waals surface area contributed by atoms with E-state index in [0.717, 1.165) is 12.8 Å². The molecule has 1 nitrogen and oxygen atoms in total. The highest BCUT2D eigenvalue weighted by Gasteiger charge is 1.94. The molecule has 0 heterocycles. The highest BCUT2D eigenvalue weighted by molar-refractivity contribution is 7.24. The molecule has 41 valence electrons. The summed E-state index contributed by atoms with van der Waals surface area (Å²) in [5.41, 5.74) is 0.303. The van der Waals surface area contributed by atoms with Crippen LogP contribution in [0.5, 0.6) is 0 Å². The predicted octanol–water partition coefficient (Wildman–Crippen LogP) is 2.28. The maximum absolute atomic E-state index is 9.96. The second kappa shape index (κ2) is 4.26. The molecule has 0 aliphatic heterocycles. The molecule has 0 N–H and O–H groups in total. The van der Waals surface area contributed by atoms with E-state index in [1.165, 1.54) is 0 Å². The van der Waals surface area contributed by atoms with Crippen molar-refractivity contribution in [3.63, 3.8) is 0 Å². The molecule has 0 amide bonds. The van der Waals surface area contributed by atoms with Gasteiger partial charge in [-0.15, -0.1) is 0 Å². The smallest absolute Gasteiger partial charge is 0.158 e.